The van der Waals surface area contributed by atoms with Gasteiger partial charge in [0, 0.05) is 18.1 Å². The molecule has 0 bridgehead atoms. The Kier molecular flexibility index (Phi) is 5.09. The number of rotatable bonds is 4. The largest absolute Gasteiger partial charge is 0.487 e. The quantitative estimate of drug-likeness (QED) is 0.643. The monoisotopic (exact) mass is 410 g/mol. The molecule has 1 unspecified atom stereocenters. The molecule has 0 N–H and O–H groups in total. The highest BCUT2D eigenvalue weighted by Crippen LogP contribution is 2.32. The molecule has 2 heterocycles. The lowest BCUT2D eigenvalue weighted by atomic mass is 10.0. The molecule has 1 fully saturated rings. The lowest BCUT2D eigenvalue weighted by Gasteiger charge is -2.22. The zero-order valence-electron chi connectivity index (χ0n) is 17.3. The van der Waals surface area contributed by atoms with E-state index < -0.39 is 10.0 Å². The zero-order valence-corrected chi connectivity index (χ0v) is 18.1. The van der Waals surface area contributed by atoms with E-state index in [1.54, 1.807) is 10.5 Å². The van der Waals surface area contributed by atoms with Gasteiger partial charge in [0.1, 0.15) is 17.4 Å². The fourth-order valence-electron chi connectivity index (χ4n) is 4.06. The number of nitrogens with zero attached hydrogens (tertiary/aromatic N) is 2. The zero-order chi connectivity index (χ0) is 20.8. The van der Waals surface area contributed by atoms with Gasteiger partial charge in [0.15, 0.2) is 0 Å². The summed E-state index contributed by atoms with van der Waals surface area (Å²) in [6, 6.07) is 11.8. The van der Waals surface area contributed by atoms with Crippen LogP contribution in [0.2, 0.25) is 0 Å². The Morgan fingerprint density at radius 2 is 1.72 bits per heavy atom. The van der Waals surface area contributed by atoms with Crippen molar-refractivity contribution in [3.05, 3.63) is 64.8 Å². The Bertz CT molecular complexity index is 1160. The Balaban J connectivity index is 1.60. The highest BCUT2D eigenvalue weighted by molar-refractivity contribution is 7.89. The minimum Gasteiger partial charge on any atom is -0.487 e. The number of aryl methyl sites for hydroxylation is 2. The fraction of sp³-hybridized carbons (Fsp3) is 0.348. The summed E-state index contributed by atoms with van der Waals surface area (Å²) < 4.78 is 34.6. The van der Waals surface area contributed by atoms with Crippen molar-refractivity contribution in [3.63, 3.8) is 0 Å². The topological polar surface area (TPSA) is 59.5 Å². The van der Waals surface area contributed by atoms with Crippen LogP contribution >= 0.6 is 0 Å². The number of hydrogen-bond acceptors (Lipinski definition) is 4. The van der Waals surface area contributed by atoms with Crippen LogP contribution in [0.3, 0.4) is 0 Å². The molecule has 0 radical (unpaired) electrons. The number of benzene rings is 2. The summed E-state index contributed by atoms with van der Waals surface area (Å²) in [7, 11) is -3.58. The number of para-hydroxylation sites is 1. The fourth-order valence-corrected chi connectivity index (χ4v) is 6.12. The Labute approximate surface area is 172 Å². The highest BCUT2D eigenvalue weighted by atomic mass is 32.2. The van der Waals surface area contributed by atoms with Crippen LogP contribution in [-0.4, -0.2) is 36.9 Å². The molecule has 1 atom stereocenters. The maximum absolute atomic E-state index is 13.4. The second-order valence-electron chi connectivity index (χ2n) is 7.81. The van der Waals surface area contributed by atoms with E-state index in [1.165, 1.54) is 0 Å². The molecule has 29 heavy (non-hydrogen) atoms. The van der Waals surface area contributed by atoms with Gasteiger partial charge in [-0.3, -0.25) is 4.98 Å². The van der Waals surface area contributed by atoms with Gasteiger partial charge in [0.05, 0.1) is 11.4 Å². The lowest BCUT2D eigenvalue weighted by molar-refractivity contribution is 0.218. The third-order valence-electron chi connectivity index (χ3n) is 5.89. The normalized spacial score (nSPS) is 17.7. The van der Waals surface area contributed by atoms with Crippen LogP contribution in [0.25, 0.3) is 10.9 Å². The van der Waals surface area contributed by atoms with Crippen molar-refractivity contribution in [2.75, 3.05) is 13.1 Å². The number of fused-ring (bicyclic) bond motifs is 1. The third kappa shape index (κ3) is 3.51. The molecule has 3 aromatic rings. The summed E-state index contributed by atoms with van der Waals surface area (Å²) in [6.07, 6.45) is 2.21. The molecule has 6 heteroatoms. The van der Waals surface area contributed by atoms with Crippen LogP contribution in [0, 0.1) is 27.7 Å². The molecule has 1 aliphatic rings. The number of pyridine rings is 1. The number of ether oxygens (including phenoxy) is 1. The van der Waals surface area contributed by atoms with Gasteiger partial charge >= 0.3 is 0 Å². The van der Waals surface area contributed by atoms with Crippen molar-refractivity contribution in [1.82, 2.24) is 9.29 Å². The van der Waals surface area contributed by atoms with Crippen LogP contribution in [0.15, 0.2) is 47.5 Å². The first-order chi connectivity index (χ1) is 13.8. The first kappa shape index (κ1) is 19.9. The maximum atomic E-state index is 13.4. The van der Waals surface area contributed by atoms with Gasteiger partial charge in [0.25, 0.3) is 0 Å². The van der Waals surface area contributed by atoms with E-state index in [2.05, 4.69) is 4.98 Å². The van der Waals surface area contributed by atoms with E-state index >= 15 is 0 Å². The molecule has 2 aromatic carbocycles. The number of aromatic nitrogens is 1. The van der Waals surface area contributed by atoms with Gasteiger partial charge in [-0.05, 0) is 68.5 Å². The SMILES string of the molecule is Cc1cc(C)c(C)c(S(=O)(=O)N2CCC(Oc3cccc4cccnc34)C2)c1C. The van der Waals surface area contributed by atoms with Crippen LogP contribution in [0.4, 0.5) is 0 Å². The van der Waals surface area contributed by atoms with E-state index in [0.29, 0.717) is 30.2 Å². The summed E-state index contributed by atoms with van der Waals surface area (Å²) in [5.41, 5.74) is 4.46. The van der Waals surface area contributed by atoms with Gasteiger partial charge in [0.2, 0.25) is 10.0 Å². The average Bonchev–Trinajstić information content (AvgIpc) is 3.16. The first-order valence-corrected chi connectivity index (χ1v) is 11.3. The lowest BCUT2D eigenvalue weighted by Crippen LogP contribution is -2.32. The number of sulfonamides is 1. The Hall–Kier alpha value is -2.44. The Morgan fingerprint density at radius 1 is 1.03 bits per heavy atom. The van der Waals surface area contributed by atoms with Crippen molar-refractivity contribution < 1.29 is 13.2 Å². The predicted octanol–water partition coefficient (Wildman–Crippen LogP) is 4.31. The molecule has 1 saturated heterocycles. The molecule has 0 spiro atoms. The molecular weight excluding hydrogens is 384 g/mol. The summed E-state index contributed by atoms with van der Waals surface area (Å²) in [5, 5.41) is 1.01. The summed E-state index contributed by atoms with van der Waals surface area (Å²) in [5.74, 6) is 0.700. The first-order valence-electron chi connectivity index (χ1n) is 9.87. The molecule has 152 valence electrons. The maximum Gasteiger partial charge on any atom is 0.243 e. The van der Waals surface area contributed by atoms with Gasteiger partial charge in [-0.2, -0.15) is 4.31 Å². The minimum absolute atomic E-state index is 0.191. The smallest absolute Gasteiger partial charge is 0.243 e. The van der Waals surface area contributed by atoms with Crippen LogP contribution in [-0.2, 0) is 10.0 Å². The predicted molar refractivity (Wildman–Crippen MR) is 115 cm³/mol. The molecule has 1 aromatic heterocycles. The molecule has 0 saturated carbocycles. The second-order valence-corrected chi connectivity index (χ2v) is 9.69. The van der Waals surface area contributed by atoms with E-state index in [9.17, 15) is 8.42 Å². The van der Waals surface area contributed by atoms with Crippen LogP contribution in [0.5, 0.6) is 5.75 Å². The molecule has 5 nitrogen and oxygen atoms in total. The van der Waals surface area contributed by atoms with E-state index in [4.69, 9.17) is 4.74 Å². The van der Waals surface area contributed by atoms with E-state index in [1.807, 2.05) is 64.1 Å². The van der Waals surface area contributed by atoms with Crippen molar-refractivity contribution in [2.45, 2.75) is 45.1 Å². The molecule has 0 aliphatic carbocycles. The van der Waals surface area contributed by atoms with Crippen LogP contribution < -0.4 is 4.74 Å². The van der Waals surface area contributed by atoms with E-state index in [0.717, 1.165) is 33.2 Å². The van der Waals surface area contributed by atoms with Gasteiger partial charge < -0.3 is 4.74 Å². The van der Waals surface area contributed by atoms with Gasteiger partial charge in [-0.1, -0.05) is 24.3 Å². The molecule has 1 aliphatic heterocycles. The molecular formula is C23H26N2O3S. The molecule has 4 rings (SSSR count). The van der Waals surface area contributed by atoms with Crippen LogP contribution in [0.1, 0.15) is 28.7 Å². The Morgan fingerprint density at radius 3 is 2.45 bits per heavy atom. The molecule has 0 amide bonds. The summed E-state index contributed by atoms with van der Waals surface area (Å²) in [4.78, 5) is 4.87. The van der Waals surface area contributed by atoms with E-state index in [-0.39, 0.29) is 6.10 Å². The standard InChI is InChI=1S/C23H26N2O3S/c1-15-13-16(2)18(4)23(17(15)3)29(26,27)25-12-10-20(14-25)28-21-9-5-7-19-8-6-11-24-22(19)21/h5-9,11,13,20H,10,12,14H2,1-4H3. The highest BCUT2D eigenvalue weighted by Gasteiger charge is 2.36. The second kappa shape index (κ2) is 7.43. The third-order valence-corrected chi connectivity index (χ3v) is 8.03. The number of hydrogen-bond donors (Lipinski definition) is 0. The van der Waals surface area contributed by atoms with Crippen molar-refractivity contribution in [3.8, 4) is 5.75 Å². The van der Waals surface area contributed by atoms with Gasteiger partial charge in [-0.25, -0.2) is 8.42 Å². The summed E-state index contributed by atoms with van der Waals surface area (Å²) >= 11 is 0. The van der Waals surface area contributed by atoms with Gasteiger partial charge in [-0.15, -0.1) is 0 Å². The van der Waals surface area contributed by atoms with Crippen molar-refractivity contribution in [2.24, 2.45) is 0 Å². The minimum atomic E-state index is -3.58. The van der Waals surface area contributed by atoms with Crippen molar-refractivity contribution in [1.29, 1.82) is 0 Å². The average molecular weight is 411 g/mol. The summed E-state index contributed by atoms with van der Waals surface area (Å²) in [6.45, 7) is 8.50. The van der Waals surface area contributed by atoms with Crippen molar-refractivity contribution >= 4 is 20.9 Å².